The monoisotopic (exact) mass is 754 g/mol. The van der Waals surface area contributed by atoms with Crippen molar-refractivity contribution in [3.05, 3.63) is 143 Å². The predicted molar refractivity (Wildman–Crippen MR) is 204 cm³/mol. The Bertz CT molecular complexity index is 2220. The van der Waals surface area contributed by atoms with Gasteiger partial charge in [0.2, 0.25) is 0 Å². The molecule has 0 aliphatic carbocycles. The van der Waals surface area contributed by atoms with E-state index in [4.69, 9.17) is 11.6 Å². The van der Waals surface area contributed by atoms with Crippen molar-refractivity contribution in [3.8, 4) is 16.8 Å². The van der Waals surface area contributed by atoms with E-state index < -0.39 is 29.9 Å². The van der Waals surface area contributed by atoms with Gasteiger partial charge in [0.25, 0.3) is 0 Å². The van der Waals surface area contributed by atoms with Crippen LogP contribution >= 0.6 is 11.6 Å². The molecule has 11 nitrogen and oxygen atoms in total. The lowest BCUT2D eigenvalue weighted by molar-refractivity contribution is -0.206. The van der Waals surface area contributed by atoms with Gasteiger partial charge in [0.05, 0.1) is 24.4 Å². The van der Waals surface area contributed by atoms with Gasteiger partial charge in [-0.1, -0.05) is 48.9 Å². The Kier molecular flexibility index (Phi) is 10.4. The van der Waals surface area contributed by atoms with Crippen LogP contribution in [-0.4, -0.2) is 71.6 Å². The van der Waals surface area contributed by atoms with Crippen molar-refractivity contribution >= 4 is 23.0 Å². The number of pyridine rings is 1. The molecule has 54 heavy (non-hydrogen) atoms. The lowest BCUT2D eigenvalue weighted by atomic mass is 9.85. The standard InChI is InChI=1S/C40H41ClF2N8O3/c1-3-36(28(2)52)51-38(53)50(27-46-51)35-15-13-34(14-16-35)48-22-20-47(21-23-48)33-11-8-29(9-12-33)30-10-17-37(44-25-30)40(42,43)39(54,26-49-19-5-18-45-49)31-6-4-7-32(41)24-31/h4-19,24-25,27-28,36,52,54H,3,20-23,26H2,1-2H3/t28-,36-,39?/m0/s1. The Morgan fingerprint density at radius 2 is 1.48 bits per heavy atom. The van der Waals surface area contributed by atoms with E-state index in [9.17, 15) is 15.0 Å². The van der Waals surface area contributed by atoms with Crippen molar-refractivity contribution in [1.29, 1.82) is 0 Å². The van der Waals surface area contributed by atoms with Crippen molar-refractivity contribution in [2.24, 2.45) is 0 Å². The van der Waals surface area contributed by atoms with Gasteiger partial charge < -0.3 is 20.0 Å². The second-order valence-corrected chi connectivity index (χ2v) is 14.0. The second kappa shape index (κ2) is 15.2. The molecule has 0 bridgehead atoms. The fraction of sp³-hybridized carbons (Fsp3) is 0.300. The first-order valence-corrected chi connectivity index (χ1v) is 18.2. The van der Waals surface area contributed by atoms with Gasteiger partial charge in [-0.3, -0.25) is 9.67 Å². The average molecular weight is 755 g/mol. The van der Waals surface area contributed by atoms with Gasteiger partial charge in [-0.25, -0.2) is 14.0 Å². The van der Waals surface area contributed by atoms with Crippen LogP contribution in [0, 0.1) is 0 Å². The zero-order valence-electron chi connectivity index (χ0n) is 29.9. The summed E-state index contributed by atoms with van der Waals surface area (Å²) in [5, 5.41) is 30.2. The first kappa shape index (κ1) is 37.0. The summed E-state index contributed by atoms with van der Waals surface area (Å²) in [7, 11) is 0. The molecule has 3 aromatic carbocycles. The van der Waals surface area contributed by atoms with E-state index in [1.54, 1.807) is 25.1 Å². The number of benzene rings is 3. The summed E-state index contributed by atoms with van der Waals surface area (Å²) in [6, 6.07) is 25.6. The first-order valence-electron chi connectivity index (χ1n) is 17.8. The Balaban J connectivity index is 0.997. The molecule has 2 N–H and O–H groups in total. The zero-order valence-corrected chi connectivity index (χ0v) is 30.6. The number of aliphatic hydroxyl groups excluding tert-OH is 1. The summed E-state index contributed by atoms with van der Waals surface area (Å²) >= 11 is 6.14. The van der Waals surface area contributed by atoms with E-state index in [0.717, 1.165) is 43.1 Å². The average Bonchev–Trinajstić information content (AvgIpc) is 3.84. The molecule has 1 unspecified atom stereocenters. The molecule has 1 saturated heterocycles. The highest BCUT2D eigenvalue weighted by Crippen LogP contribution is 2.46. The maximum Gasteiger partial charge on any atom is 0.350 e. The third-order valence-corrected chi connectivity index (χ3v) is 10.4. The van der Waals surface area contributed by atoms with Crippen LogP contribution < -0.4 is 15.5 Å². The first-order chi connectivity index (χ1) is 26.0. The van der Waals surface area contributed by atoms with Gasteiger partial charge in [0.1, 0.15) is 12.0 Å². The van der Waals surface area contributed by atoms with Crippen LogP contribution in [0.15, 0.2) is 121 Å². The lowest BCUT2D eigenvalue weighted by Crippen LogP contribution is -2.47. The largest absolute Gasteiger partial charge is 0.391 e. The van der Waals surface area contributed by atoms with E-state index in [1.807, 2.05) is 55.5 Å². The quantitative estimate of drug-likeness (QED) is 0.150. The molecule has 0 amide bonds. The number of aliphatic hydroxyl groups is 2. The molecule has 0 radical (unpaired) electrons. The summed E-state index contributed by atoms with van der Waals surface area (Å²) in [6.45, 7) is 6.25. The maximum absolute atomic E-state index is 16.3. The fourth-order valence-corrected chi connectivity index (χ4v) is 7.25. The van der Waals surface area contributed by atoms with Gasteiger partial charge in [-0.15, -0.1) is 0 Å². The van der Waals surface area contributed by atoms with Gasteiger partial charge in [-0.2, -0.15) is 19.0 Å². The van der Waals surface area contributed by atoms with E-state index in [-0.39, 0.29) is 22.3 Å². The summed E-state index contributed by atoms with van der Waals surface area (Å²) in [5.41, 5.74) is 0.700. The third-order valence-electron chi connectivity index (χ3n) is 10.2. The minimum absolute atomic E-state index is 0.0480. The molecule has 0 saturated carbocycles. The van der Waals surface area contributed by atoms with Crippen molar-refractivity contribution in [2.45, 2.75) is 50.5 Å². The molecule has 280 valence electrons. The molecule has 0 spiro atoms. The highest BCUT2D eigenvalue weighted by Gasteiger charge is 2.56. The molecular weight excluding hydrogens is 714 g/mol. The van der Waals surface area contributed by atoms with E-state index >= 15 is 8.78 Å². The van der Waals surface area contributed by atoms with Gasteiger partial charge in [0, 0.05) is 66.7 Å². The molecule has 1 fully saturated rings. The molecule has 14 heteroatoms. The maximum atomic E-state index is 16.3. The SMILES string of the molecule is CC[C@@H]([C@H](C)O)n1ncn(-c2ccc(N3CCN(c4ccc(-c5ccc(C(F)(F)C(O)(Cn6cccn6)c6cccc(Cl)c6)nc5)cc4)CC3)cc2)c1=O. The highest BCUT2D eigenvalue weighted by atomic mass is 35.5. The molecule has 1 aliphatic heterocycles. The van der Waals surface area contributed by atoms with E-state index in [0.29, 0.717) is 17.7 Å². The Hall–Kier alpha value is -5.37. The minimum atomic E-state index is -3.79. The van der Waals surface area contributed by atoms with E-state index in [1.165, 1.54) is 63.1 Å². The second-order valence-electron chi connectivity index (χ2n) is 13.6. The number of aromatic nitrogens is 6. The van der Waals surface area contributed by atoms with Crippen LogP contribution in [0.1, 0.15) is 37.6 Å². The van der Waals surface area contributed by atoms with Crippen LogP contribution in [0.25, 0.3) is 16.8 Å². The van der Waals surface area contributed by atoms with Crippen LogP contribution in [-0.2, 0) is 18.1 Å². The molecule has 7 rings (SSSR count). The Morgan fingerprint density at radius 1 is 0.852 bits per heavy atom. The Morgan fingerprint density at radius 3 is 2.04 bits per heavy atom. The summed E-state index contributed by atoms with van der Waals surface area (Å²) in [4.78, 5) is 21.7. The van der Waals surface area contributed by atoms with Crippen LogP contribution in [0.2, 0.25) is 5.02 Å². The molecule has 3 aromatic heterocycles. The molecule has 3 atom stereocenters. The van der Waals surface area contributed by atoms with Crippen molar-refractivity contribution in [3.63, 3.8) is 0 Å². The molecule has 1 aliphatic rings. The van der Waals surface area contributed by atoms with Crippen LogP contribution in [0.4, 0.5) is 20.2 Å². The Labute approximate surface area is 316 Å². The molecule has 6 aromatic rings. The van der Waals surface area contributed by atoms with Crippen molar-refractivity contribution in [2.75, 3.05) is 36.0 Å². The fourth-order valence-electron chi connectivity index (χ4n) is 7.06. The molecular formula is C40H41ClF2N8O3. The number of nitrogens with zero attached hydrogens (tertiary/aromatic N) is 8. The van der Waals surface area contributed by atoms with Gasteiger partial charge >= 0.3 is 11.6 Å². The normalized spacial score (nSPS) is 15.9. The van der Waals surface area contributed by atoms with Crippen LogP contribution in [0.5, 0.6) is 0 Å². The third kappa shape index (κ3) is 7.14. The van der Waals surface area contributed by atoms with Crippen molar-refractivity contribution < 1.29 is 19.0 Å². The lowest BCUT2D eigenvalue weighted by Gasteiger charge is -2.37. The topological polar surface area (TPSA) is 117 Å². The smallest absolute Gasteiger partial charge is 0.350 e. The van der Waals surface area contributed by atoms with Gasteiger partial charge in [-0.05, 0) is 85.1 Å². The minimum Gasteiger partial charge on any atom is -0.391 e. The molecule has 4 heterocycles. The highest BCUT2D eigenvalue weighted by molar-refractivity contribution is 6.30. The summed E-state index contributed by atoms with van der Waals surface area (Å²) < 4.78 is 36.6. The number of alkyl halides is 2. The number of anilines is 2. The van der Waals surface area contributed by atoms with E-state index in [2.05, 4.69) is 25.0 Å². The van der Waals surface area contributed by atoms with Crippen LogP contribution in [0.3, 0.4) is 0 Å². The van der Waals surface area contributed by atoms with Crippen molar-refractivity contribution in [1.82, 2.24) is 29.1 Å². The summed E-state index contributed by atoms with van der Waals surface area (Å²) in [6.07, 6.45) is 5.76. The van der Waals surface area contributed by atoms with Gasteiger partial charge in [0.15, 0.2) is 5.60 Å². The number of halogens is 3. The summed E-state index contributed by atoms with van der Waals surface area (Å²) in [5.74, 6) is -3.79. The number of hydrogen-bond acceptors (Lipinski definition) is 8. The number of rotatable bonds is 12. The number of piperazine rings is 1. The zero-order chi connectivity index (χ0) is 38.0. The predicted octanol–water partition coefficient (Wildman–Crippen LogP) is 6.28. The number of hydrogen-bond donors (Lipinski definition) is 2.